The van der Waals surface area contributed by atoms with Gasteiger partial charge in [-0.3, -0.25) is 4.68 Å². The van der Waals surface area contributed by atoms with Crippen molar-refractivity contribution in [1.82, 2.24) is 69.6 Å². The minimum atomic E-state index is -0.430. The lowest BCUT2D eigenvalue weighted by atomic mass is 9.91. The number of rotatable bonds is 12. The zero-order valence-electron chi connectivity index (χ0n) is 71.7. The maximum Gasteiger partial charge on any atom is 0.165 e. The molecule has 0 saturated carbocycles. The van der Waals surface area contributed by atoms with E-state index in [1.807, 2.05) is 141 Å². The SMILES string of the molecule is CC(C)(C)c1nc(-c2cccc(O)c2)cnc1N.CC(C)Oc1ccc(-c2cnc(N)c(C(C)(C)C)n2)cc1.COc1ccc(-c2cnc(N)c(C(C)(C)C)n2)cc1F.COc1ccc(-c2cnc(N)c(C(C)(C)C)n2)cc1OC.COc1cccc(-c2cnc(N)c(C(C)(C)C)n2)c1.Cn1cc(-c2cnc(N)c(C(C)(C)C)n2)cn1. The first-order valence-corrected chi connectivity index (χ1v) is 37.7. The van der Waals surface area contributed by atoms with Gasteiger partial charge in [0.15, 0.2) is 23.1 Å². The van der Waals surface area contributed by atoms with Crippen LogP contribution in [0.3, 0.4) is 0 Å². The third-order valence-electron chi connectivity index (χ3n) is 17.2. The number of hydrogen-bond donors (Lipinski definition) is 7. The number of ether oxygens (including phenoxy) is 5. The molecule has 7 aromatic heterocycles. The maximum atomic E-state index is 13.8. The van der Waals surface area contributed by atoms with Crippen molar-refractivity contribution in [1.29, 1.82) is 0 Å². The fourth-order valence-electron chi connectivity index (χ4n) is 11.3. The van der Waals surface area contributed by atoms with Crippen molar-refractivity contribution >= 4 is 34.9 Å². The molecule has 0 unspecified atom stereocenters. The number of methoxy groups -OCH3 is 4. The molecular weight excluding hydrogens is 1460 g/mol. The predicted molar refractivity (Wildman–Crippen MR) is 464 cm³/mol. The summed E-state index contributed by atoms with van der Waals surface area (Å²) in [4.78, 5) is 53.0. The monoisotopic (exact) mass is 1580 g/mol. The Morgan fingerprint density at radius 2 is 0.647 bits per heavy atom. The second-order valence-electron chi connectivity index (χ2n) is 33.7. The number of aryl methyl sites for hydroxylation is 1. The Morgan fingerprint density at radius 1 is 0.336 bits per heavy atom. The number of halogens is 1. The van der Waals surface area contributed by atoms with E-state index in [2.05, 4.69) is 148 Å². The Morgan fingerprint density at radius 3 is 0.957 bits per heavy atom. The van der Waals surface area contributed by atoms with Crippen LogP contribution in [-0.2, 0) is 39.5 Å². The summed E-state index contributed by atoms with van der Waals surface area (Å²) in [5, 5.41) is 13.6. The molecule has 0 amide bonds. The van der Waals surface area contributed by atoms with Crippen molar-refractivity contribution in [2.45, 2.75) is 177 Å². The van der Waals surface area contributed by atoms with Crippen LogP contribution in [0.2, 0.25) is 0 Å². The topological polar surface area (TPSA) is 395 Å². The van der Waals surface area contributed by atoms with Crippen molar-refractivity contribution in [3.05, 3.63) is 199 Å². The quantitative estimate of drug-likeness (QED) is 0.0597. The molecular formula is C89H115FN20O6. The summed E-state index contributed by atoms with van der Waals surface area (Å²) in [6, 6.07) is 32.9. The van der Waals surface area contributed by atoms with Crippen LogP contribution in [0.15, 0.2) is 159 Å². The lowest BCUT2D eigenvalue weighted by Gasteiger charge is -2.20. The average Bonchev–Trinajstić information content (AvgIpc) is 1.24. The van der Waals surface area contributed by atoms with Crippen LogP contribution >= 0.6 is 0 Å². The molecule has 12 aromatic rings. The fraction of sp³-hybridized carbons (Fsp3) is 0.360. The number of phenolic OH excluding ortho intramolecular Hbond substituents is 1. The summed E-state index contributed by atoms with van der Waals surface area (Å²) in [5.41, 5.74) is 48.9. The first kappa shape index (κ1) is 90.5. The lowest BCUT2D eigenvalue weighted by molar-refractivity contribution is 0.242. The van der Waals surface area contributed by atoms with Crippen LogP contribution in [-0.4, -0.2) is 109 Å². The van der Waals surface area contributed by atoms with E-state index < -0.39 is 5.82 Å². The van der Waals surface area contributed by atoms with E-state index in [1.54, 1.807) is 99.7 Å². The van der Waals surface area contributed by atoms with Gasteiger partial charge in [0.2, 0.25) is 0 Å². The second-order valence-corrected chi connectivity index (χ2v) is 33.7. The van der Waals surface area contributed by atoms with Crippen molar-refractivity contribution in [2.24, 2.45) is 7.05 Å². The maximum absolute atomic E-state index is 13.8. The number of aromatic hydroxyl groups is 1. The molecule has 5 aromatic carbocycles. The van der Waals surface area contributed by atoms with Gasteiger partial charge in [-0.25, -0.2) is 64.2 Å². The highest BCUT2D eigenvalue weighted by atomic mass is 19.1. The van der Waals surface area contributed by atoms with Crippen LogP contribution in [0.4, 0.5) is 39.3 Å². The van der Waals surface area contributed by atoms with Crippen LogP contribution in [0.5, 0.6) is 34.5 Å². The van der Waals surface area contributed by atoms with E-state index in [4.69, 9.17) is 58.1 Å². The van der Waals surface area contributed by atoms with E-state index in [0.29, 0.717) is 69.1 Å². The summed E-state index contributed by atoms with van der Waals surface area (Å²) in [5.74, 6) is 5.76. The molecule has 7 heterocycles. The molecule has 12 rings (SSSR count). The van der Waals surface area contributed by atoms with Gasteiger partial charge in [-0.05, 0) is 98.8 Å². The summed E-state index contributed by atoms with van der Waals surface area (Å²) >= 11 is 0. The van der Waals surface area contributed by atoms with E-state index >= 15 is 0 Å². The zero-order chi connectivity index (χ0) is 86.2. The van der Waals surface area contributed by atoms with E-state index in [-0.39, 0.29) is 50.1 Å². The molecule has 26 nitrogen and oxygen atoms in total. The summed E-state index contributed by atoms with van der Waals surface area (Å²) in [6.45, 7) is 41.0. The molecule has 0 fully saturated rings. The Bertz CT molecular complexity index is 5290. The summed E-state index contributed by atoms with van der Waals surface area (Å²) < 4.78 is 41.8. The van der Waals surface area contributed by atoms with Crippen LogP contribution in [0.1, 0.15) is 173 Å². The van der Waals surface area contributed by atoms with E-state index in [9.17, 15) is 9.50 Å². The molecule has 116 heavy (non-hydrogen) atoms. The highest BCUT2D eigenvalue weighted by Gasteiger charge is 2.27. The number of nitrogens with two attached hydrogens (primary N) is 6. The van der Waals surface area contributed by atoms with Crippen molar-refractivity contribution in [3.8, 4) is 102 Å². The van der Waals surface area contributed by atoms with Gasteiger partial charge in [0.25, 0.3) is 0 Å². The minimum Gasteiger partial charge on any atom is -0.508 e. The minimum absolute atomic E-state index is 0.116. The Kier molecular flexibility index (Phi) is 29.6. The predicted octanol–water partition coefficient (Wildman–Crippen LogP) is 17.5. The number of benzene rings is 5. The Balaban J connectivity index is 0.000000193. The highest BCUT2D eigenvalue weighted by molar-refractivity contribution is 5.68. The number of anilines is 6. The average molecular weight is 1580 g/mol. The van der Waals surface area contributed by atoms with Gasteiger partial charge in [0.1, 0.15) is 52.2 Å². The molecule has 0 aliphatic heterocycles. The van der Waals surface area contributed by atoms with E-state index in [0.717, 1.165) is 90.6 Å². The normalized spacial score (nSPS) is 11.5. The third-order valence-corrected chi connectivity index (χ3v) is 17.2. The Hall–Kier alpha value is -12.7. The van der Waals surface area contributed by atoms with Crippen LogP contribution in [0.25, 0.3) is 67.5 Å². The molecule has 0 radical (unpaired) electrons. The van der Waals surface area contributed by atoms with Gasteiger partial charge in [0.05, 0.1) is 146 Å². The smallest absolute Gasteiger partial charge is 0.165 e. The van der Waals surface area contributed by atoms with Crippen molar-refractivity contribution < 1.29 is 33.2 Å². The fourth-order valence-corrected chi connectivity index (χ4v) is 11.3. The summed E-state index contributed by atoms with van der Waals surface area (Å²) in [6.07, 6.45) is 13.8. The first-order valence-electron chi connectivity index (χ1n) is 37.7. The number of phenols is 1. The highest BCUT2D eigenvalue weighted by Crippen LogP contribution is 2.37. The second kappa shape index (κ2) is 38.0. The third kappa shape index (κ3) is 24.9. The van der Waals surface area contributed by atoms with Crippen molar-refractivity contribution in [3.63, 3.8) is 0 Å². The van der Waals surface area contributed by atoms with Crippen molar-refractivity contribution in [2.75, 3.05) is 62.8 Å². The largest absolute Gasteiger partial charge is 0.508 e. The molecule has 27 heteroatoms. The van der Waals surface area contributed by atoms with Gasteiger partial charge < -0.3 is 63.2 Å². The molecule has 0 aliphatic rings. The number of aromatic nitrogens is 14. The van der Waals surface area contributed by atoms with Gasteiger partial charge in [0, 0.05) is 79.1 Å². The number of nitrogen functional groups attached to an aromatic ring is 6. The molecule has 13 N–H and O–H groups in total. The van der Waals surface area contributed by atoms with Gasteiger partial charge in [-0.2, -0.15) is 5.10 Å². The molecule has 0 atom stereocenters. The lowest BCUT2D eigenvalue weighted by Crippen LogP contribution is -2.17. The van der Waals surface area contributed by atoms with Crippen LogP contribution < -0.4 is 58.1 Å². The molecule has 0 aliphatic carbocycles. The first-order chi connectivity index (χ1) is 54.1. The van der Waals surface area contributed by atoms with E-state index in [1.165, 1.54) is 13.2 Å². The molecule has 0 bridgehead atoms. The van der Waals surface area contributed by atoms with Gasteiger partial charge >= 0.3 is 0 Å². The van der Waals surface area contributed by atoms with Gasteiger partial charge in [-0.1, -0.05) is 149 Å². The standard InChI is InChI=1S/C17H23N3O.C16H21N3O2.C15H18FN3O.C15H19N3O.C14H17N3O.C12H17N5/c1-11(2)21-13-8-6-12(7-9-13)14-10-19-16(18)15(20-14)17(3,4)5;1-16(2,3)14-15(17)18-9-11(19-14)10-6-7-12(20-4)13(8-10)21-5;1-15(2,3)13-14(17)18-8-11(19-13)9-5-6-12(20-4)10(16)7-9;1-15(2,3)13-14(16)17-9-12(18-13)10-6-5-7-11(8-10)19-4;1-14(2,3)12-13(15)16-8-11(17-12)9-5-4-6-10(18)7-9;1-12(2,3)10-11(13)14-6-9(16-10)8-5-15-17(4)7-8/h6-11H,1-5H3,(H2,18,19);6-9H,1-5H3,(H2,17,18);5-8H,1-4H3,(H2,17,18);5-9H,1-4H3,(H2,16,17);4-8,18H,1-3H3,(H2,15,16);5-7H,1-4H3,(H2,13,14). The van der Waals surface area contributed by atoms with Gasteiger partial charge in [-0.15, -0.1) is 0 Å². The molecule has 614 valence electrons. The summed E-state index contributed by atoms with van der Waals surface area (Å²) in [7, 11) is 8.17. The Labute approximate surface area is 682 Å². The molecule has 0 spiro atoms. The molecule has 0 saturated heterocycles. The number of hydrogen-bond acceptors (Lipinski definition) is 25. The van der Waals surface area contributed by atoms with Crippen LogP contribution in [0, 0.1) is 5.82 Å². The zero-order valence-corrected chi connectivity index (χ0v) is 71.7. The number of nitrogens with zero attached hydrogens (tertiary/aromatic N) is 14.